The van der Waals surface area contributed by atoms with Gasteiger partial charge in [-0.15, -0.1) is 0 Å². The summed E-state index contributed by atoms with van der Waals surface area (Å²) < 4.78 is 10.5. The normalized spacial score (nSPS) is 21.6. The summed E-state index contributed by atoms with van der Waals surface area (Å²) in [5, 5.41) is 9.71. The highest BCUT2D eigenvalue weighted by Gasteiger charge is 2.55. The average Bonchev–Trinajstić information content (AvgIpc) is 3.35. The zero-order chi connectivity index (χ0) is 22.3. The van der Waals surface area contributed by atoms with Crippen molar-refractivity contribution < 1.29 is 4.52 Å². The molecule has 1 saturated carbocycles. The number of allylic oxidation sites excluding steroid dienone is 2. The molecule has 0 spiro atoms. The van der Waals surface area contributed by atoms with Crippen molar-refractivity contribution in [3.63, 3.8) is 0 Å². The molecular formula is C23H20N8O2. The average molecular weight is 440 g/mol. The molecule has 7 rings (SSSR count). The Hall–Kier alpha value is -4.08. The van der Waals surface area contributed by atoms with Gasteiger partial charge in [0.2, 0.25) is 5.89 Å². The van der Waals surface area contributed by atoms with Gasteiger partial charge < -0.3 is 9.09 Å². The Kier molecular flexibility index (Phi) is 3.62. The molecule has 4 aromatic heterocycles. The molecule has 2 aliphatic carbocycles. The number of aromatic nitrogens is 8. The second-order valence-corrected chi connectivity index (χ2v) is 8.96. The van der Waals surface area contributed by atoms with Crippen LogP contribution in [-0.2, 0) is 20.6 Å². The van der Waals surface area contributed by atoms with Crippen LogP contribution in [0.4, 0.5) is 0 Å². The lowest BCUT2D eigenvalue weighted by molar-refractivity contribution is 0.364. The number of nitrogens with zero attached hydrogens (tertiary/aromatic N) is 8. The molecule has 1 aromatic carbocycles. The van der Waals surface area contributed by atoms with E-state index in [0.29, 0.717) is 28.9 Å². The molecule has 0 aliphatic heterocycles. The first-order valence-corrected chi connectivity index (χ1v) is 10.9. The lowest BCUT2D eigenvalue weighted by Gasteiger charge is -2.06. The van der Waals surface area contributed by atoms with Crippen molar-refractivity contribution in [1.29, 1.82) is 0 Å². The number of hydrogen-bond acceptors (Lipinski definition) is 7. The van der Waals surface area contributed by atoms with Crippen LogP contribution in [0.15, 0.2) is 52.4 Å². The van der Waals surface area contributed by atoms with Gasteiger partial charge in [-0.1, -0.05) is 17.3 Å². The van der Waals surface area contributed by atoms with E-state index in [1.54, 1.807) is 17.9 Å². The van der Waals surface area contributed by atoms with Crippen LogP contribution in [-0.4, -0.2) is 39.0 Å². The molecule has 0 radical (unpaired) electrons. The van der Waals surface area contributed by atoms with Crippen LogP contribution >= 0.6 is 0 Å². The summed E-state index contributed by atoms with van der Waals surface area (Å²) in [5.41, 5.74) is 4.47. The molecule has 0 saturated heterocycles. The first-order valence-electron chi connectivity index (χ1n) is 10.9. The quantitative estimate of drug-likeness (QED) is 0.422. The smallest absolute Gasteiger partial charge is 0.280 e. The van der Waals surface area contributed by atoms with Crippen molar-refractivity contribution in [2.45, 2.75) is 18.9 Å². The lowest BCUT2D eigenvalue weighted by Crippen LogP contribution is -2.22. The summed E-state index contributed by atoms with van der Waals surface area (Å²) in [6.45, 7) is 0.189. The van der Waals surface area contributed by atoms with Crippen LogP contribution in [0.1, 0.15) is 29.6 Å². The zero-order valence-electron chi connectivity index (χ0n) is 18.1. The molecule has 3 atom stereocenters. The van der Waals surface area contributed by atoms with E-state index in [-0.39, 0.29) is 18.0 Å². The van der Waals surface area contributed by atoms with E-state index in [1.165, 1.54) is 22.0 Å². The van der Waals surface area contributed by atoms with Gasteiger partial charge in [0.25, 0.3) is 5.56 Å². The molecule has 1 fully saturated rings. The number of aryl methyl sites for hydroxylation is 2. The minimum atomic E-state index is -0.179. The maximum absolute atomic E-state index is 12.7. The third-order valence-electron chi connectivity index (χ3n) is 6.98. The van der Waals surface area contributed by atoms with Crippen LogP contribution in [0.2, 0.25) is 0 Å². The Balaban J connectivity index is 1.10. The van der Waals surface area contributed by atoms with Crippen molar-refractivity contribution in [3.05, 3.63) is 70.8 Å². The summed E-state index contributed by atoms with van der Waals surface area (Å²) in [4.78, 5) is 25.7. The lowest BCUT2D eigenvalue weighted by atomic mass is 9.99. The minimum absolute atomic E-state index is 0.179. The number of fused-ring (bicyclic) bond motifs is 3. The van der Waals surface area contributed by atoms with Crippen LogP contribution < -0.4 is 5.56 Å². The Morgan fingerprint density at radius 2 is 2.06 bits per heavy atom. The van der Waals surface area contributed by atoms with E-state index in [0.717, 1.165) is 23.1 Å². The summed E-state index contributed by atoms with van der Waals surface area (Å²) >= 11 is 0. The van der Waals surface area contributed by atoms with Gasteiger partial charge in [-0.25, -0.2) is 9.97 Å². The number of benzene rings is 1. The van der Waals surface area contributed by atoms with Gasteiger partial charge in [-0.3, -0.25) is 14.0 Å². The fourth-order valence-electron chi connectivity index (χ4n) is 5.18. The van der Waals surface area contributed by atoms with Crippen LogP contribution in [0.25, 0.3) is 27.6 Å². The Bertz CT molecular complexity index is 1650. The zero-order valence-corrected chi connectivity index (χ0v) is 18.1. The minimum Gasteiger partial charge on any atom is -0.337 e. The fraction of sp³-hybridized carbons (Fsp3) is 0.304. The predicted molar refractivity (Wildman–Crippen MR) is 119 cm³/mol. The standard InChI is InChI=1S/C23H20N8O2/c1-29-10-24-22-20(29)23(32)31(11-25-22)9-18-27-21(28-33-18)19-15-6-13(7-16(15)19)12-3-4-17-14(5-12)8-26-30(17)2/h3-6,8,10-11,15-16,19H,7,9H2,1-2H3. The molecule has 2 aliphatic rings. The number of hydrogen-bond donors (Lipinski definition) is 0. The van der Waals surface area contributed by atoms with Gasteiger partial charge in [0.1, 0.15) is 12.9 Å². The maximum Gasteiger partial charge on any atom is 0.280 e. The highest BCUT2D eigenvalue weighted by atomic mass is 16.5. The summed E-state index contributed by atoms with van der Waals surface area (Å²) in [7, 11) is 3.73. The molecule has 4 heterocycles. The highest BCUT2D eigenvalue weighted by molar-refractivity contribution is 5.84. The van der Waals surface area contributed by atoms with Crippen LogP contribution in [0.5, 0.6) is 0 Å². The van der Waals surface area contributed by atoms with Crippen LogP contribution in [0.3, 0.4) is 0 Å². The van der Waals surface area contributed by atoms with E-state index in [4.69, 9.17) is 4.52 Å². The molecule has 0 N–H and O–H groups in total. The van der Waals surface area contributed by atoms with Crippen molar-refractivity contribution in [1.82, 2.24) is 39.0 Å². The Morgan fingerprint density at radius 3 is 2.91 bits per heavy atom. The maximum atomic E-state index is 12.7. The molecule has 0 amide bonds. The van der Waals surface area contributed by atoms with Crippen molar-refractivity contribution in [3.8, 4) is 0 Å². The number of imidazole rings is 1. The molecule has 10 nitrogen and oxygen atoms in total. The fourth-order valence-corrected chi connectivity index (χ4v) is 5.18. The second-order valence-electron chi connectivity index (χ2n) is 8.96. The van der Waals surface area contributed by atoms with Gasteiger partial charge in [0, 0.05) is 25.4 Å². The van der Waals surface area contributed by atoms with E-state index in [1.807, 2.05) is 17.9 Å². The monoisotopic (exact) mass is 440 g/mol. The first kappa shape index (κ1) is 18.5. The third-order valence-corrected chi connectivity index (χ3v) is 6.98. The third kappa shape index (κ3) is 2.73. The van der Waals surface area contributed by atoms with E-state index in [2.05, 4.69) is 49.5 Å². The van der Waals surface area contributed by atoms with Gasteiger partial charge in [-0.05, 0) is 41.5 Å². The molecule has 164 valence electrons. The van der Waals surface area contributed by atoms with E-state index in [9.17, 15) is 4.79 Å². The number of rotatable bonds is 4. The van der Waals surface area contributed by atoms with E-state index >= 15 is 0 Å². The first-order chi connectivity index (χ1) is 16.1. The molecule has 0 bridgehead atoms. The SMILES string of the molecule is Cn1cnc2ncn(Cc3nc(C4C5C=C(c6ccc7c(cnn7C)c6)CC54)no3)c(=O)c21. The van der Waals surface area contributed by atoms with Crippen LogP contribution in [0, 0.1) is 11.8 Å². The molecule has 3 unspecified atom stereocenters. The van der Waals surface area contributed by atoms with Gasteiger partial charge in [0.05, 0.1) is 18.0 Å². The molecular weight excluding hydrogens is 420 g/mol. The molecule has 5 aromatic rings. The summed E-state index contributed by atoms with van der Waals surface area (Å²) in [6, 6.07) is 6.52. The largest absolute Gasteiger partial charge is 0.337 e. The predicted octanol–water partition coefficient (Wildman–Crippen LogP) is 2.26. The van der Waals surface area contributed by atoms with Crippen molar-refractivity contribution in [2.24, 2.45) is 25.9 Å². The van der Waals surface area contributed by atoms with Gasteiger partial charge in [-0.2, -0.15) is 10.1 Å². The summed E-state index contributed by atoms with van der Waals surface area (Å²) in [5.74, 6) is 2.35. The van der Waals surface area contributed by atoms with Gasteiger partial charge >= 0.3 is 0 Å². The molecule has 33 heavy (non-hydrogen) atoms. The Morgan fingerprint density at radius 1 is 1.18 bits per heavy atom. The van der Waals surface area contributed by atoms with Crippen molar-refractivity contribution >= 4 is 27.6 Å². The summed E-state index contributed by atoms with van der Waals surface area (Å²) in [6.07, 6.45) is 8.32. The van der Waals surface area contributed by atoms with Gasteiger partial charge in [0.15, 0.2) is 17.0 Å². The van der Waals surface area contributed by atoms with E-state index < -0.39 is 0 Å². The topological polar surface area (TPSA) is 109 Å². The molecule has 10 heteroatoms. The highest BCUT2D eigenvalue weighted by Crippen LogP contribution is 2.62. The second kappa shape index (κ2) is 6.47. The Labute approximate surface area is 187 Å². The van der Waals surface area contributed by atoms with Crippen molar-refractivity contribution in [2.75, 3.05) is 0 Å².